The van der Waals surface area contributed by atoms with E-state index in [1.165, 1.54) is 30.5 Å². The largest absolute Gasteiger partial charge is 0.478 e. The van der Waals surface area contributed by atoms with Crippen LogP contribution in [-0.2, 0) is 0 Å². The van der Waals surface area contributed by atoms with Crippen LogP contribution < -0.4 is 5.32 Å². The molecule has 2 N–H and O–H groups in total. The van der Waals surface area contributed by atoms with Gasteiger partial charge in [-0.3, -0.25) is 9.78 Å². The van der Waals surface area contributed by atoms with Gasteiger partial charge in [-0.25, -0.2) is 9.18 Å². The first kappa shape index (κ1) is 15.1. The molecule has 0 spiro atoms. The van der Waals surface area contributed by atoms with E-state index in [2.05, 4.69) is 26.2 Å². The number of amides is 1. The fourth-order valence-electron chi connectivity index (χ4n) is 1.72. The van der Waals surface area contributed by atoms with Crippen molar-refractivity contribution < 1.29 is 19.1 Å². The van der Waals surface area contributed by atoms with E-state index in [1.54, 1.807) is 6.92 Å². The summed E-state index contributed by atoms with van der Waals surface area (Å²) in [6.45, 7) is 1.63. The summed E-state index contributed by atoms with van der Waals surface area (Å²) >= 11 is 3.03. The number of carbonyl (C=O) groups is 2. The van der Waals surface area contributed by atoms with Crippen molar-refractivity contribution in [2.45, 2.75) is 6.92 Å². The molecule has 1 amide bonds. The van der Waals surface area contributed by atoms with Gasteiger partial charge in [-0.1, -0.05) is 0 Å². The molecule has 108 valence electrons. The van der Waals surface area contributed by atoms with Gasteiger partial charge in [-0.05, 0) is 52.7 Å². The number of aryl methyl sites for hydroxylation is 1. The number of aromatic nitrogens is 1. The molecule has 0 aliphatic carbocycles. The highest BCUT2D eigenvalue weighted by Crippen LogP contribution is 2.24. The van der Waals surface area contributed by atoms with Crippen molar-refractivity contribution in [3.8, 4) is 0 Å². The SMILES string of the molecule is Cc1cc(F)c(Br)cc1NC(=O)c1ncccc1C(=O)O. The summed E-state index contributed by atoms with van der Waals surface area (Å²) < 4.78 is 13.5. The predicted molar refractivity (Wildman–Crippen MR) is 78.0 cm³/mol. The fraction of sp³-hybridized carbons (Fsp3) is 0.0714. The third kappa shape index (κ3) is 3.25. The molecule has 21 heavy (non-hydrogen) atoms. The lowest BCUT2D eigenvalue weighted by Crippen LogP contribution is -2.18. The molecule has 0 fully saturated rings. The van der Waals surface area contributed by atoms with Gasteiger partial charge in [0.2, 0.25) is 0 Å². The Balaban J connectivity index is 2.35. The number of benzene rings is 1. The smallest absolute Gasteiger partial charge is 0.338 e. The highest BCUT2D eigenvalue weighted by molar-refractivity contribution is 9.10. The van der Waals surface area contributed by atoms with Crippen LogP contribution in [0.1, 0.15) is 26.4 Å². The normalized spacial score (nSPS) is 10.2. The average Bonchev–Trinajstić information content (AvgIpc) is 2.44. The summed E-state index contributed by atoms with van der Waals surface area (Å²) in [5.41, 5.74) is 0.478. The predicted octanol–water partition coefficient (Wildman–Crippen LogP) is 3.24. The molecule has 1 heterocycles. The number of carboxylic acid groups (broad SMARTS) is 1. The Kier molecular flexibility index (Phi) is 4.32. The Morgan fingerprint density at radius 1 is 1.38 bits per heavy atom. The standard InChI is InChI=1S/C14H10BrFN2O3/c1-7-5-10(16)9(15)6-11(7)18-13(19)12-8(14(20)21)3-2-4-17-12/h2-6H,1H3,(H,18,19)(H,20,21). The van der Waals surface area contributed by atoms with E-state index in [-0.39, 0.29) is 15.7 Å². The third-order valence-electron chi connectivity index (χ3n) is 2.77. The van der Waals surface area contributed by atoms with Gasteiger partial charge in [0.05, 0.1) is 10.0 Å². The van der Waals surface area contributed by atoms with Crippen molar-refractivity contribution in [3.63, 3.8) is 0 Å². The molecule has 0 saturated heterocycles. The van der Waals surface area contributed by atoms with Crippen LogP contribution in [0.4, 0.5) is 10.1 Å². The lowest BCUT2D eigenvalue weighted by atomic mass is 10.1. The molecular weight excluding hydrogens is 343 g/mol. The van der Waals surface area contributed by atoms with Crippen molar-refractivity contribution in [2.24, 2.45) is 0 Å². The molecule has 0 aliphatic heterocycles. The van der Waals surface area contributed by atoms with Gasteiger partial charge >= 0.3 is 5.97 Å². The number of hydrogen-bond donors (Lipinski definition) is 2. The van der Waals surface area contributed by atoms with Crippen LogP contribution in [0.3, 0.4) is 0 Å². The Morgan fingerprint density at radius 2 is 2.10 bits per heavy atom. The maximum absolute atomic E-state index is 13.3. The topological polar surface area (TPSA) is 79.3 Å². The second kappa shape index (κ2) is 6.01. The maximum Gasteiger partial charge on any atom is 0.338 e. The van der Waals surface area contributed by atoms with Gasteiger partial charge in [-0.15, -0.1) is 0 Å². The number of pyridine rings is 1. The van der Waals surface area contributed by atoms with Gasteiger partial charge in [-0.2, -0.15) is 0 Å². The molecule has 0 atom stereocenters. The van der Waals surface area contributed by atoms with Crippen molar-refractivity contribution in [1.82, 2.24) is 4.98 Å². The number of nitrogens with one attached hydrogen (secondary N) is 1. The summed E-state index contributed by atoms with van der Waals surface area (Å²) in [6, 6.07) is 5.39. The van der Waals surface area contributed by atoms with Crippen LogP contribution in [0, 0.1) is 12.7 Å². The average molecular weight is 353 g/mol. The quantitative estimate of drug-likeness (QED) is 0.888. The number of rotatable bonds is 3. The molecule has 2 rings (SSSR count). The zero-order valence-electron chi connectivity index (χ0n) is 10.9. The molecule has 5 nitrogen and oxygen atoms in total. The van der Waals surface area contributed by atoms with Crippen LogP contribution >= 0.6 is 15.9 Å². The van der Waals surface area contributed by atoms with E-state index in [4.69, 9.17) is 5.11 Å². The second-order valence-electron chi connectivity index (χ2n) is 4.24. The highest BCUT2D eigenvalue weighted by atomic mass is 79.9. The fourth-order valence-corrected chi connectivity index (χ4v) is 2.06. The molecule has 0 saturated carbocycles. The first-order chi connectivity index (χ1) is 9.90. The van der Waals surface area contributed by atoms with E-state index in [1.807, 2.05) is 0 Å². The Labute approximate surface area is 128 Å². The van der Waals surface area contributed by atoms with Gasteiger partial charge in [0.15, 0.2) is 0 Å². The zero-order chi connectivity index (χ0) is 15.6. The van der Waals surface area contributed by atoms with Crippen LogP contribution in [0.5, 0.6) is 0 Å². The third-order valence-corrected chi connectivity index (χ3v) is 3.38. The summed E-state index contributed by atoms with van der Waals surface area (Å²) in [5.74, 6) is -2.37. The van der Waals surface area contributed by atoms with Gasteiger partial charge in [0, 0.05) is 11.9 Å². The minimum atomic E-state index is -1.25. The Bertz CT molecular complexity index is 734. The number of carboxylic acids is 1. The minimum absolute atomic E-state index is 0.197. The zero-order valence-corrected chi connectivity index (χ0v) is 12.4. The molecule has 7 heteroatoms. The van der Waals surface area contributed by atoms with Gasteiger partial charge in [0.25, 0.3) is 5.91 Å². The maximum atomic E-state index is 13.3. The summed E-state index contributed by atoms with van der Waals surface area (Å²) in [7, 11) is 0. The number of halogens is 2. The molecule has 0 aliphatic rings. The van der Waals surface area contributed by atoms with Crippen molar-refractivity contribution in [1.29, 1.82) is 0 Å². The van der Waals surface area contributed by atoms with Crippen molar-refractivity contribution in [3.05, 3.63) is 57.6 Å². The van der Waals surface area contributed by atoms with E-state index >= 15 is 0 Å². The summed E-state index contributed by atoms with van der Waals surface area (Å²) in [5, 5.41) is 11.6. The minimum Gasteiger partial charge on any atom is -0.478 e. The lowest BCUT2D eigenvalue weighted by molar-refractivity contribution is 0.0691. The van der Waals surface area contributed by atoms with E-state index in [0.29, 0.717) is 11.3 Å². The Morgan fingerprint density at radius 3 is 2.76 bits per heavy atom. The number of carbonyl (C=O) groups excluding carboxylic acids is 1. The van der Waals surface area contributed by atoms with Gasteiger partial charge in [0.1, 0.15) is 11.5 Å². The Hall–Kier alpha value is -2.28. The molecule has 1 aromatic heterocycles. The van der Waals surface area contributed by atoms with Crippen LogP contribution in [0.2, 0.25) is 0 Å². The second-order valence-corrected chi connectivity index (χ2v) is 5.09. The molecule has 1 aromatic carbocycles. The lowest BCUT2D eigenvalue weighted by Gasteiger charge is -2.10. The van der Waals surface area contributed by atoms with Crippen LogP contribution in [0.15, 0.2) is 34.9 Å². The van der Waals surface area contributed by atoms with E-state index in [9.17, 15) is 14.0 Å². The number of anilines is 1. The van der Waals surface area contributed by atoms with Crippen LogP contribution in [0.25, 0.3) is 0 Å². The molecule has 0 radical (unpaired) electrons. The van der Waals surface area contributed by atoms with Crippen molar-refractivity contribution >= 4 is 33.5 Å². The molecular formula is C14H10BrFN2O3. The first-order valence-electron chi connectivity index (χ1n) is 5.85. The van der Waals surface area contributed by atoms with Crippen LogP contribution in [-0.4, -0.2) is 22.0 Å². The molecule has 2 aromatic rings. The summed E-state index contributed by atoms with van der Waals surface area (Å²) in [6.07, 6.45) is 1.33. The van der Waals surface area contributed by atoms with Crippen molar-refractivity contribution in [2.75, 3.05) is 5.32 Å². The number of nitrogens with zero attached hydrogens (tertiary/aromatic N) is 1. The number of aromatic carboxylic acids is 1. The van der Waals surface area contributed by atoms with Gasteiger partial charge < -0.3 is 10.4 Å². The number of hydrogen-bond acceptors (Lipinski definition) is 3. The highest BCUT2D eigenvalue weighted by Gasteiger charge is 2.18. The molecule has 0 bridgehead atoms. The summed E-state index contributed by atoms with van der Waals surface area (Å²) in [4.78, 5) is 27.0. The van der Waals surface area contributed by atoms with E-state index in [0.717, 1.165) is 0 Å². The molecule has 0 unspecified atom stereocenters. The van der Waals surface area contributed by atoms with E-state index < -0.39 is 17.7 Å². The monoisotopic (exact) mass is 352 g/mol. The first-order valence-corrected chi connectivity index (χ1v) is 6.64.